The number of nitrogens with one attached hydrogen (secondary N) is 2. The number of hydrogen-bond acceptors (Lipinski definition) is 5. The number of anilines is 1. The van der Waals surface area contributed by atoms with Crippen molar-refractivity contribution in [2.45, 2.75) is 26.0 Å². The summed E-state index contributed by atoms with van der Waals surface area (Å²) in [6.07, 6.45) is 0. The van der Waals surface area contributed by atoms with E-state index in [1.165, 1.54) is 0 Å². The van der Waals surface area contributed by atoms with E-state index in [9.17, 15) is 20.1 Å². The Morgan fingerprint density at radius 3 is 2.59 bits per heavy atom. The zero-order valence-corrected chi connectivity index (χ0v) is 17.1. The number of carbonyl (C=O) groups excluding carboxylic acids is 2. The van der Waals surface area contributed by atoms with Crippen molar-refractivity contribution in [3.8, 4) is 12.1 Å². The van der Waals surface area contributed by atoms with Crippen LogP contribution in [0.1, 0.15) is 20.8 Å². The van der Waals surface area contributed by atoms with E-state index < -0.39 is 22.5 Å². The zero-order chi connectivity index (χ0) is 21.2. The molecule has 0 spiro atoms. The van der Waals surface area contributed by atoms with Crippen molar-refractivity contribution in [1.82, 2.24) is 5.32 Å². The molecule has 7 heteroatoms. The third-order valence-corrected chi connectivity index (χ3v) is 6.15. The van der Waals surface area contributed by atoms with Gasteiger partial charge in [-0.25, -0.2) is 0 Å². The van der Waals surface area contributed by atoms with Gasteiger partial charge in [-0.2, -0.15) is 10.5 Å². The molecule has 0 saturated heterocycles. The van der Waals surface area contributed by atoms with Crippen molar-refractivity contribution < 1.29 is 9.59 Å². The molecule has 2 N–H and O–H groups in total. The van der Waals surface area contributed by atoms with Gasteiger partial charge in [-0.1, -0.05) is 62.0 Å². The Kier molecular flexibility index (Phi) is 5.63. The van der Waals surface area contributed by atoms with Crippen molar-refractivity contribution in [1.29, 1.82) is 10.5 Å². The average molecular weight is 404 g/mol. The molecular weight excluding hydrogens is 384 g/mol. The number of rotatable bonds is 4. The van der Waals surface area contributed by atoms with Gasteiger partial charge in [0, 0.05) is 16.5 Å². The summed E-state index contributed by atoms with van der Waals surface area (Å²) >= 11 is 1.11. The van der Waals surface area contributed by atoms with Crippen LogP contribution in [0.15, 0.2) is 53.1 Å². The van der Waals surface area contributed by atoms with Gasteiger partial charge in [0.25, 0.3) is 0 Å². The molecule has 0 aliphatic carbocycles. The summed E-state index contributed by atoms with van der Waals surface area (Å²) in [5.41, 5.74) is 0.0750. The quantitative estimate of drug-likeness (QED) is 0.803. The van der Waals surface area contributed by atoms with E-state index in [1.54, 1.807) is 20.8 Å². The molecule has 0 fully saturated rings. The minimum Gasteiger partial charge on any atom is -0.325 e. The van der Waals surface area contributed by atoms with Crippen LogP contribution in [0.5, 0.6) is 0 Å². The van der Waals surface area contributed by atoms with E-state index in [0.717, 1.165) is 22.5 Å². The molecule has 1 aliphatic rings. The lowest BCUT2D eigenvalue weighted by Crippen LogP contribution is -2.45. The first kappa shape index (κ1) is 20.4. The molecule has 1 heterocycles. The van der Waals surface area contributed by atoms with Crippen LogP contribution in [-0.4, -0.2) is 17.1 Å². The van der Waals surface area contributed by atoms with Crippen LogP contribution in [-0.2, 0) is 9.59 Å². The summed E-state index contributed by atoms with van der Waals surface area (Å²) in [6, 6.07) is 17.5. The van der Waals surface area contributed by atoms with Crippen molar-refractivity contribution in [3.63, 3.8) is 0 Å². The molecule has 29 heavy (non-hydrogen) atoms. The molecular formula is C22H20N4O2S. The highest BCUT2D eigenvalue weighted by atomic mass is 32.2. The number of benzene rings is 2. The molecule has 0 aromatic heterocycles. The monoisotopic (exact) mass is 404 g/mol. The molecule has 2 aromatic rings. The van der Waals surface area contributed by atoms with E-state index in [1.807, 2.05) is 48.5 Å². The normalized spacial score (nSPS) is 19.1. The molecule has 146 valence electrons. The van der Waals surface area contributed by atoms with Crippen LogP contribution in [0, 0.1) is 34.0 Å². The lowest BCUT2D eigenvalue weighted by atomic mass is 9.72. The molecule has 2 aromatic carbocycles. The number of hydrogen-bond donors (Lipinski definition) is 2. The van der Waals surface area contributed by atoms with E-state index in [-0.39, 0.29) is 5.91 Å². The SMILES string of the molecule is C[C@@H](SC1=C(C#N)C(C)(C)[C@H](C#N)C(=O)N1)C(=O)Nc1cccc2ccccc12. The highest BCUT2D eigenvalue weighted by Gasteiger charge is 2.45. The van der Waals surface area contributed by atoms with Gasteiger partial charge in [-0.3, -0.25) is 9.59 Å². The Labute approximate surface area is 173 Å². The molecule has 0 radical (unpaired) electrons. The number of thioether (sulfide) groups is 1. The van der Waals surface area contributed by atoms with Gasteiger partial charge in [-0.05, 0) is 18.4 Å². The van der Waals surface area contributed by atoms with Gasteiger partial charge in [0.15, 0.2) is 0 Å². The van der Waals surface area contributed by atoms with E-state index >= 15 is 0 Å². The Bertz CT molecular complexity index is 1100. The standard InChI is InChI=1S/C22H20N4O2S/c1-13(19(27)25-18-10-6-8-14-7-4-5-9-15(14)18)29-21-17(12-24)22(2,3)16(11-23)20(28)26-21/h4-10,13,16H,1-3H3,(H,25,27)(H,26,28)/t13-,16-/m1/s1. The number of fused-ring (bicyclic) bond motifs is 1. The van der Waals surface area contributed by atoms with Crippen LogP contribution in [0.2, 0.25) is 0 Å². The van der Waals surface area contributed by atoms with Crippen LogP contribution >= 0.6 is 11.8 Å². The highest BCUT2D eigenvalue weighted by Crippen LogP contribution is 2.42. The number of amides is 2. The lowest BCUT2D eigenvalue weighted by molar-refractivity contribution is -0.125. The first-order valence-electron chi connectivity index (χ1n) is 9.10. The molecule has 3 rings (SSSR count). The van der Waals surface area contributed by atoms with Crippen molar-refractivity contribution in [2.24, 2.45) is 11.3 Å². The maximum Gasteiger partial charge on any atom is 0.243 e. The summed E-state index contributed by atoms with van der Waals surface area (Å²) < 4.78 is 0. The van der Waals surface area contributed by atoms with E-state index in [2.05, 4.69) is 16.7 Å². The van der Waals surface area contributed by atoms with Crippen molar-refractivity contribution >= 4 is 40.0 Å². The third-order valence-electron chi connectivity index (χ3n) is 5.04. The minimum atomic E-state index is -0.957. The van der Waals surface area contributed by atoms with Gasteiger partial charge < -0.3 is 10.6 Å². The Balaban J connectivity index is 1.84. The van der Waals surface area contributed by atoms with Gasteiger partial charge in [0.2, 0.25) is 11.8 Å². The highest BCUT2D eigenvalue weighted by molar-refractivity contribution is 8.04. The average Bonchev–Trinajstić information content (AvgIpc) is 2.68. The fourth-order valence-corrected chi connectivity index (χ4v) is 4.42. The predicted octanol–water partition coefficient (Wildman–Crippen LogP) is 3.93. The third kappa shape index (κ3) is 3.83. The largest absolute Gasteiger partial charge is 0.325 e. The molecule has 2 amide bonds. The molecule has 6 nitrogen and oxygen atoms in total. The first-order valence-corrected chi connectivity index (χ1v) is 9.98. The Hall–Kier alpha value is -3.29. The molecule has 0 unspecified atom stereocenters. The smallest absolute Gasteiger partial charge is 0.243 e. The number of nitriles is 2. The van der Waals surface area contributed by atoms with Crippen LogP contribution in [0.25, 0.3) is 10.8 Å². The number of nitrogens with zero attached hydrogens (tertiary/aromatic N) is 2. The van der Waals surface area contributed by atoms with Gasteiger partial charge in [-0.15, -0.1) is 0 Å². The van der Waals surface area contributed by atoms with Crippen LogP contribution < -0.4 is 10.6 Å². The predicted molar refractivity (Wildman–Crippen MR) is 113 cm³/mol. The topological polar surface area (TPSA) is 106 Å². The maximum atomic E-state index is 12.8. The second-order valence-corrected chi connectivity index (χ2v) is 8.72. The fourth-order valence-electron chi connectivity index (χ4n) is 3.31. The van der Waals surface area contributed by atoms with E-state index in [4.69, 9.17) is 0 Å². The molecule has 2 atom stereocenters. The Morgan fingerprint density at radius 2 is 1.90 bits per heavy atom. The fraction of sp³-hybridized carbons (Fsp3) is 0.273. The Morgan fingerprint density at radius 1 is 1.21 bits per heavy atom. The van der Waals surface area contributed by atoms with Crippen LogP contribution in [0.3, 0.4) is 0 Å². The number of carbonyl (C=O) groups is 2. The van der Waals surface area contributed by atoms with Gasteiger partial charge >= 0.3 is 0 Å². The molecule has 0 bridgehead atoms. The zero-order valence-electron chi connectivity index (χ0n) is 16.3. The first-order chi connectivity index (χ1) is 13.8. The summed E-state index contributed by atoms with van der Waals surface area (Å²) in [5, 5.41) is 26.2. The summed E-state index contributed by atoms with van der Waals surface area (Å²) in [4.78, 5) is 25.1. The summed E-state index contributed by atoms with van der Waals surface area (Å²) in [6.45, 7) is 5.10. The molecule has 1 aliphatic heterocycles. The van der Waals surface area contributed by atoms with E-state index in [0.29, 0.717) is 16.3 Å². The summed E-state index contributed by atoms with van der Waals surface area (Å²) in [5.74, 6) is -1.66. The summed E-state index contributed by atoms with van der Waals surface area (Å²) in [7, 11) is 0. The molecule has 0 saturated carbocycles. The maximum absolute atomic E-state index is 12.8. The van der Waals surface area contributed by atoms with Gasteiger partial charge in [0.1, 0.15) is 5.92 Å². The van der Waals surface area contributed by atoms with Crippen molar-refractivity contribution in [3.05, 3.63) is 53.1 Å². The van der Waals surface area contributed by atoms with Crippen LogP contribution in [0.4, 0.5) is 5.69 Å². The lowest BCUT2D eigenvalue weighted by Gasteiger charge is -2.35. The van der Waals surface area contributed by atoms with Gasteiger partial charge in [0.05, 0.1) is 28.0 Å². The van der Waals surface area contributed by atoms with Crippen molar-refractivity contribution in [2.75, 3.05) is 5.32 Å². The minimum absolute atomic E-state index is 0.245. The second-order valence-electron chi connectivity index (χ2n) is 7.37. The number of allylic oxidation sites excluding steroid dienone is 1. The second kappa shape index (κ2) is 7.98.